The number of hydrogen-bond donors (Lipinski definition) is 1. The molecule has 1 aromatic heterocycles. The molecule has 0 radical (unpaired) electrons. The van der Waals surface area contributed by atoms with Crippen LogP contribution in [0.2, 0.25) is 0 Å². The molecule has 3 aromatic carbocycles. The van der Waals surface area contributed by atoms with Gasteiger partial charge < -0.3 is 19.2 Å². The van der Waals surface area contributed by atoms with Gasteiger partial charge in [0.1, 0.15) is 18.1 Å². The summed E-state index contributed by atoms with van der Waals surface area (Å²) >= 11 is 0. The summed E-state index contributed by atoms with van der Waals surface area (Å²) in [5, 5.41) is 10.9. The highest BCUT2D eigenvalue weighted by atomic mass is 16.5. The third kappa shape index (κ3) is 4.66. The summed E-state index contributed by atoms with van der Waals surface area (Å²) < 4.78 is 11.5. The largest absolute Gasteiger partial charge is 0.503 e. The van der Waals surface area contributed by atoms with Crippen molar-refractivity contribution >= 4 is 11.7 Å². The highest BCUT2D eigenvalue weighted by Crippen LogP contribution is 2.41. The first-order chi connectivity index (χ1) is 17.5. The maximum absolute atomic E-state index is 13.5. The van der Waals surface area contributed by atoms with Crippen LogP contribution in [0.3, 0.4) is 0 Å². The third-order valence-corrected chi connectivity index (χ3v) is 6.13. The van der Waals surface area contributed by atoms with Crippen LogP contribution in [0, 0.1) is 6.92 Å². The van der Waals surface area contributed by atoms with Crippen LogP contribution in [0.4, 0.5) is 0 Å². The van der Waals surface area contributed by atoms with Crippen molar-refractivity contribution in [1.29, 1.82) is 0 Å². The Hall–Kier alpha value is -4.58. The molecule has 1 amide bonds. The molecule has 1 aliphatic rings. The number of rotatable bonds is 8. The number of carbonyl (C=O) groups excluding carboxylic acids is 2. The minimum Gasteiger partial charge on any atom is -0.503 e. The molecule has 1 N–H and O–H groups in total. The zero-order valence-electron chi connectivity index (χ0n) is 19.8. The van der Waals surface area contributed by atoms with Crippen molar-refractivity contribution in [3.05, 3.63) is 137 Å². The zero-order chi connectivity index (χ0) is 25.1. The number of ether oxygens (including phenoxy) is 1. The lowest BCUT2D eigenvalue weighted by molar-refractivity contribution is -0.130. The van der Waals surface area contributed by atoms with Crippen LogP contribution < -0.4 is 4.74 Å². The van der Waals surface area contributed by atoms with E-state index in [0.717, 1.165) is 11.1 Å². The standard InChI is InChI=1S/C30H25NO5/c1-20-15-16-25(36-20)28(32)26-27(31(30(34)29(26)33)18-21-9-4-2-5-10-21)23-13-8-14-24(17-23)35-19-22-11-6-3-7-12-22/h2-17,27,33H,18-19H2,1H3. The molecule has 0 aliphatic carbocycles. The van der Waals surface area contributed by atoms with Crippen molar-refractivity contribution < 1.29 is 23.8 Å². The second-order valence-corrected chi connectivity index (χ2v) is 8.67. The quantitative estimate of drug-likeness (QED) is 0.316. The predicted molar refractivity (Wildman–Crippen MR) is 134 cm³/mol. The van der Waals surface area contributed by atoms with Gasteiger partial charge in [-0.15, -0.1) is 0 Å². The number of aliphatic hydroxyl groups is 1. The molecule has 2 heterocycles. The van der Waals surface area contributed by atoms with E-state index >= 15 is 0 Å². The topological polar surface area (TPSA) is 80.0 Å². The Bertz CT molecular complexity index is 1420. The minimum absolute atomic E-state index is 0.00881. The molecule has 1 aliphatic heterocycles. The van der Waals surface area contributed by atoms with Gasteiger partial charge in [-0.1, -0.05) is 72.8 Å². The smallest absolute Gasteiger partial charge is 0.290 e. The van der Waals surface area contributed by atoms with Crippen LogP contribution in [0.5, 0.6) is 5.75 Å². The third-order valence-electron chi connectivity index (χ3n) is 6.13. The number of carbonyl (C=O) groups is 2. The maximum atomic E-state index is 13.5. The molecule has 0 saturated carbocycles. The summed E-state index contributed by atoms with van der Waals surface area (Å²) in [6, 6.07) is 28.9. The number of benzene rings is 3. The van der Waals surface area contributed by atoms with Crippen molar-refractivity contribution in [2.24, 2.45) is 0 Å². The van der Waals surface area contributed by atoms with Gasteiger partial charge in [0.2, 0.25) is 5.78 Å². The lowest BCUT2D eigenvalue weighted by atomic mass is 9.94. The van der Waals surface area contributed by atoms with Gasteiger partial charge in [-0.25, -0.2) is 0 Å². The van der Waals surface area contributed by atoms with Crippen molar-refractivity contribution in [1.82, 2.24) is 4.90 Å². The maximum Gasteiger partial charge on any atom is 0.290 e. The Morgan fingerprint density at radius 2 is 1.61 bits per heavy atom. The molecular formula is C30H25NO5. The fraction of sp³-hybridized carbons (Fsp3) is 0.133. The number of aliphatic hydroxyl groups excluding tert-OH is 1. The first-order valence-corrected chi connectivity index (χ1v) is 11.7. The van der Waals surface area contributed by atoms with Crippen LogP contribution in [-0.4, -0.2) is 21.7 Å². The molecule has 6 nitrogen and oxygen atoms in total. The van der Waals surface area contributed by atoms with Gasteiger partial charge in [0, 0.05) is 6.54 Å². The molecule has 4 aromatic rings. The molecule has 0 fully saturated rings. The molecule has 180 valence electrons. The Balaban J connectivity index is 1.52. The van der Waals surface area contributed by atoms with E-state index < -0.39 is 23.5 Å². The van der Waals surface area contributed by atoms with Gasteiger partial charge in [-0.2, -0.15) is 0 Å². The molecule has 1 atom stereocenters. The van der Waals surface area contributed by atoms with Gasteiger partial charge in [-0.05, 0) is 47.9 Å². The molecule has 0 spiro atoms. The number of aryl methyl sites for hydroxylation is 1. The predicted octanol–water partition coefficient (Wildman–Crippen LogP) is 5.95. The Morgan fingerprint density at radius 1 is 0.917 bits per heavy atom. The zero-order valence-corrected chi connectivity index (χ0v) is 19.8. The second-order valence-electron chi connectivity index (χ2n) is 8.67. The average Bonchev–Trinajstić information content (AvgIpc) is 3.45. The Morgan fingerprint density at radius 3 is 2.28 bits per heavy atom. The number of hydrogen-bond acceptors (Lipinski definition) is 5. The molecule has 0 bridgehead atoms. The summed E-state index contributed by atoms with van der Waals surface area (Å²) in [6.45, 7) is 2.33. The summed E-state index contributed by atoms with van der Waals surface area (Å²) in [6.07, 6.45) is 0. The van der Waals surface area contributed by atoms with Crippen LogP contribution in [0.15, 0.2) is 113 Å². The number of nitrogens with zero attached hydrogens (tertiary/aromatic N) is 1. The second kappa shape index (κ2) is 9.96. The minimum atomic E-state index is -0.809. The van der Waals surface area contributed by atoms with Gasteiger partial charge >= 0.3 is 0 Å². The van der Waals surface area contributed by atoms with E-state index in [-0.39, 0.29) is 17.9 Å². The van der Waals surface area contributed by atoms with Crippen molar-refractivity contribution in [3.63, 3.8) is 0 Å². The molecular weight excluding hydrogens is 454 g/mol. The van der Waals surface area contributed by atoms with Crippen LogP contribution in [0.25, 0.3) is 0 Å². The van der Waals surface area contributed by atoms with E-state index in [1.54, 1.807) is 25.1 Å². The van der Waals surface area contributed by atoms with Gasteiger partial charge in [0.05, 0.1) is 11.6 Å². The summed E-state index contributed by atoms with van der Waals surface area (Å²) in [4.78, 5) is 28.2. The highest BCUT2D eigenvalue weighted by Gasteiger charge is 2.44. The molecule has 36 heavy (non-hydrogen) atoms. The number of furan rings is 1. The molecule has 1 unspecified atom stereocenters. The van der Waals surface area contributed by atoms with E-state index in [4.69, 9.17) is 9.15 Å². The van der Waals surface area contributed by atoms with Crippen molar-refractivity contribution in [3.8, 4) is 5.75 Å². The van der Waals surface area contributed by atoms with Crippen LogP contribution in [-0.2, 0) is 17.9 Å². The summed E-state index contributed by atoms with van der Waals surface area (Å²) in [5.74, 6) is -0.459. The van der Waals surface area contributed by atoms with Crippen molar-refractivity contribution in [2.45, 2.75) is 26.1 Å². The van der Waals surface area contributed by atoms with Crippen LogP contribution >= 0.6 is 0 Å². The van der Waals surface area contributed by atoms with E-state index in [1.807, 2.05) is 78.9 Å². The lowest BCUT2D eigenvalue weighted by Crippen LogP contribution is -2.30. The molecule has 5 rings (SSSR count). The summed E-state index contributed by atoms with van der Waals surface area (Å²) in [7, 11) is 0. The number of amides is 1. The summed E-state index contributed by atoms with van der Waals surface area (Å²) in [5.41, 5.74) is 2.54. The SMILES string of the molecule is Cc1ccc(C(=O)C2=C(O)C(=O)N(Cc3ccccc3)C2c2cccc(OCc3ccccc3)c2)o1. The molecule has 0 saturated heterocycles. The van der Waals surface area contributed by atoms with Gasteiger partial charge in [-0.3, -0.25) is 9.59 Å². The fourth-order valence-electron chi connectivity index (χ4n) is 4.38. The average molecular weight is 480 g/mol. The number of ketones is 1. The van der Waals surface area contributed by atoms with E-state index in [2.05, 4.69) is 0 Å². The first kappa shape index (κ1) is 23.2. The molecule has 6 heteroatoms. The van der Waals surface area contributed by atoms with Crippen molar-refractivity contribution in [2.75, 3.05) is 0 Å². The lowest BCUT2D eigenvalue weighted by Gasteiger charge is -2.27. The first-order valence-electron chi connectivity index (χ1n) is 11.7. The number of Topliss-reactive ketones (excluding diaryl/α,β-unsaturated/α-hetero) is 1. The van der Waals surface area contributed by atoms with Gasteiger partial charge in [0.15, 0.2) is 11.5 Å². The van der Waals surface area contributed by atoms with Gasteiger partial charge in [0.25, 0.3) is 5.91 Å². The highest BCUT2D eigenvalue weighted by molar-refractivity contribution is 6.15. The monoisotopic (exact) mass is 479 g/mol. The van der Waals surface area contributed by atoms with E-state index in [9.17, 15) is 14.7 Å². The van der Waals surface area contributed by atoms with E-state index in [0.29, 0.717) is 23.7 Å². The van der Waals surface area contributed by atoms with Crippen LogP contribution in [0.1, 0.15) is 39.0 Å². The Labute approximate surface area is 209 Å². The fourth-order valence-corrected chi connectivity index (χ4v) is 4.38. The normalized spacial score (nSPS) is 15.4. The Kier molecular flexibility index (Phi) is 6.41. The van der Waals surface area contributed by atoms with E-state index in [1.165, 1.54) is 4.90 Å².